The third kappa shape index (κ3) is 2.87. The molecule has 0 radical (unpaired) electrons. The molecule has 0 aliphatic carbocycles. The third-order valence-corrected chi connectivity index (χ3v) is 2.26. The molecule has 16 heavy (non-hydrogen) atoms. The van der Waals surface area contributed by atoms with Gasteiger partial charge in [0, 0.05) is 6.20 Å². The summed E-state index contributed by atoms with van der Waals surface area (Å²) < 4.78 is 5.11. The van der Waals surface area contributed by atoms with E-state index in [-0.39, 0.29) is 5.92 Å². The van der Waals surface area contributed by atoms with Crippen molar-refractivity contribution in [2.45, 2.75) is 19.9 Å². The van der Waals surface area contributed by atoms with Crippen molar-refractivity contribution in [2.24, 2.45) is 17.5 Å². The van der Waals surface area contributed by atoms with Gasteiger partial charge in [0.1, 0.15) is 12.3 Å². The van der Waals surface area contributed by atoms with E-state index in [4.69, 9.17) is 16.0 Å². The minimum atomic E-state index is -0.395. The summed E-state index contributed by atoms with van der Waals surface area (Å²) in [6.45, 7) is 3.83. The van der Waals surface area contributed by atoms with Gasteiger partial charge in [-0.05, 0) is 18.1 Å². The zero-order chi connectivity index (χ0) is 12.1. The molecule has 1 unspecified atom stereocenters. The van der Waals surface area contributed by atoms with Crippen LogP contribution < -0.4 is 11.6 Å². The minimum absolute atomic E-state index is 0.114. The fourth-order valence-corrected chi connectivity index (χ4v) is 1.32. The molecule has 4 N–H and O–H groups in total. The minimum Gasteiger partial charge on any atom is -0.463 e. The summed E-state index contributed by atoms with van der Waals surface area (Å²) in [4.78, 5) is 10.8. The molecule has 0 aliphatic rings. The highest BCUT2D eigenvalue weighted by Crippen LogP contribution is 2.12. The molecular weight excluding hydrogens is 206 g/mol. The highest BCUT2D eigenvalue weighted by molar-refractivity contribution is 5.61. The van der Waals surface area contributed by atoms with Gasteiger partial charge in [0.05, 0.1) is 12.0 Å². The SMILES string of the molecule is CC(C)C(C=O)N(N)/C=C(\N)c1ccco1. The third-order valence-electron chi connectivity index (χ3n) is 2.26. The van der Waals surface area contributed by atoms with E-state index in [1.54, 1.807) is 12.1 Å². The highest BCUT2D eigenvalue weighted by Gasteiger charge is 2.16. The van der Waals surface area contributed by atoms with E-state index in [0.717, 1.165) is 6.29 Å². The van der Waals surface area contributed by atoms with Gasteiger partial charge in [-0.15, -0.1) is 0 Å². The summed E-state index contributed by atoms with van der Waals surface area (Å²) in [7, 11) is 0. The first-order valence-electron chi connectivity index (χ1n) is 5.05. The maximum atomic E-state index is 10.8. The standard InChI is InChI=1S/C11H17N3O2/c1-8(2)10(7-15)14(13)6-9(12)11-4-3-5-16-11/h3-8,10H,12-13H2,1-2H3/b9-6-. The molecule has 1 aromatic heterocycles. The topological polar surface area (TPSA) is 85.5 Å². The van der Waals surface area contributed by atoms with E-state index >= 15 is 0 Å². The van der Waals surface area contributed by atoms with Crippen molar-refractivity contribution < 1.29 is 9.21 Å². The summed E-state index contributed by atoms with van der Waals surface area (Å²) in [5.41, 5.74) is 6.15. The second-order valence-corrected chi connectivity index (χ2v) is 3.88. The predicted molar refractivity (Wildman–Crippen MR) is 61.6 cm³/mol. The Labute approximate surface area is 94.7 Å². The summed E-state index contributed by atoms with van der Waals surface area (Å²) in [6, 6.07) is 3.06. The molecule has 1 rings (SSSR count). The van der Waals surface area contributed by atoms with Crippen LogP contribution in [0, 0.1) is 5.92 Å². The number of hydrazine groups is 1. The predicted octanol–water partition coefficient (Wildman–Crippen LogP) is 0.936. The first-order chi connectivity index (χ1) is 7.56. The molecule has 1 heterocycles. The van der Waals surface area contributed by atoms with E-state index < -0.39 is 6.04 Å². The molecule has 1 atom stereocenters. The van der Waals surface area contributed by atoms with Crippen LogP contribution in [0.25, 0.3) is 5.70 Å². The number of hydrogen-bond donors (Lipinski definition) is 2. The Bertz CT molecular complexity index is 357. The number of rotatable bonds is 5. The number of carbonyl (C=O) groups excluding carboxylic acids is 1. The van der Waals surface area contributed by atoms with Crippen molar-refractivity contribution in [3.05, 3.63) is 30.4 Å². The number of carbonyl (C=O) groups is 1. The first-order valence-corrected chi connectivity index (χ1v) is 5.05. The van der Waals surface area contributed by atoms with Gasteiger partial charge in [-0.1, -0.05) is 13.8 Å². The number of hydrogen-bond acceptors (Lipinski definition) is 5. The maximum absolute atomic E-state index is 10.8. The molecule has 0 bridgehead atoms. The highest BCUT2D eigenvalue weighted by atomic mass is 16.3. The molecule has 0 spiro atoms. The average Bonchev–Trinajstić information content (AvgIpc) is 2.70. The van der Waals surface area contributed by atoms with Crippen molar-refractivity contribution in [3.8, 4) is 0 Å². The van der Waals surface area contributed by atoms with Crippen molar-refractivity contribution in [1.29, 1.82) is 0 Å². The molecule has 5 nitrogen and oxygen atoms in total. The second-order valence-electron chi connectivity index (χ2n) is 3.88. The van der Waals surface area contributed by atoms with Gasteiger partial charge in [0.15, 0.2) is 5.76 Å². The fraction of sp³-hybridized carbons (Fsp3) is 0.364. The lowest BCUT2D eigenvalue weighted by atomic mass is 10.1. The quantitative estimate of drug-likeness (QED) is 0.440. The van der Waals surface area contributed by atoms with E-state index in [9.17, 15) is 4.79 Å². The van der Waals surface area contributed by atoms with Crippen LogP contribution >= 0.6 is 0 Å². The van der Waals surface area contributed by atoms with Crippen molar-refractivity contribution >= 4 is 12.0 Å². The summed E-state index contributed by atoms with van der Waals surface area (Å²) >= 11 is 0. The lowest BCUT2D eigenvalue weighted by molar-refractivity contribution is -0.112. The summed E-state index contributed by atoms with van der Waals surface area (Å²) in [5, 5.41) is 1.30. The number of furan rings is 1. The zero-order valence-electron chi connectivity index (χ0n) is 9.46. The lowest BCUT2D eigenvalue weighted by Crippen LogP contribution is -2.41. The van der Waals surface area contributed by atoms with E-state index in [1.165, 1.54) is 17.5 Å². The molecule has 0 saturated carbocycles. The normalized spacial score (nSPS) is 13.9. The first kappa shape index (κ1) is 12.3. The Morgan fingerprint density at radius 1 is 1.56 bits per heavy atom. The molecule has 1 aromatic rings. The van der Waals surface area contributed by atoms with Gasteiger partial charge < -0.3 is 20.0 Å². The zero-order valence-corrected chi connectivity index (χ0v) is 9.46. The number of nitrogens with two attached hydrogens (primary N) is 2. The van der Waals surface area contributed by atoms with Gasteiger partial charge in [-0.25, -0.2) is 5.84 Å². The summed E-state index contributed by atoms with van der Waals surface area (Å²) in [6.07, 6.45) is 3.82. The smallest absolute Gasteiger partial charge is 0.151 e. The van der Waals surface area contributed by atoms with E-state index in [1.807, 2.05) is 13.8 Å². The second kappa shape index (κ2) is 5.37. The molecule has 0 aliphatic heterocycles. The van der Waals surface area contributed by atoms with Crippen LogP contribution in [-0.4, -0.2) is 17.3 Å². The molecule has 0 saturated heterocycles. The monoisotopic (exact) mass is 223 g/mol. The Balaban J connectivity index is 2.79. The van der Waals surface area contributed by atoms with Gasteiger partial charge in [-0.3, -0.25) is 0 Å². The lowest BCUT2D eigenvalue weighted by Gasteiger charge is -2.24. The van der Waals surface area contributed by atoms with Crippen molar-refractivity contribution in [2.75, 3.05) is 0 Å². The number of nitrogens with zero attached hydrogens (tertiary/aromatic N) is 1. The Morgan fingerprint density at radius 2 is 2.25 bits per heavy atom. The average molecular weight is 223 g/mol. The summed E-state index contributed by atoms with van der Waals surface area (Å²) in [5.74, 6) is 6.39. The van der Waals surface area contributed by atoms with E-state index in [2.05, 4.69) is 0 Å². The van der Waals surface area contributed by atoms with E-state index in [0.29, 0.717) is 11.5 Å². The molecule has 5 heteroatoms. The van der Waals surface area contributed by atoms with Crippen molar-refractivity contribution in [3.63, 3.8) is 0 Å². The van der Waals surface area contributed by atoms with Crippen LogP contribution in [0.15, 0.2) is 29.0 Å². The molecule has 0 fully saturated rings. The van der Waals surface area contributed by atoms with Gasteiger partial charge in [0.25, 0.3) is 0 Å². The number of aldehydes is 1. The van der Waals surface area contributed by atoms with Crippen LogP contribution in [0.2, 0.25) is 0 Å². The van der Waals surface area contributed by atoms with Crippen LogP contribution in [0.1, 0.15) is 19.6 Å². The van der Waals surface area contributed by atoms with Crippen LogP contribution in [0.3, 0.4) is 0 Å². The Morgan fingerprint density at radius 3 is 2.69 bits per heavy atom. The van der Waals surface area contributed by atoms with Gasteiger partial charge in [-0.2, -0.15) is 0 Å². The molecular formula is C11H17N3O2. The molecule has 0 aromatic carbocycles. The Kier molecular flexibility index (Phi) is 4.13. The Hall–Kier alpha value is -1.75. The van der Waals surface area contributed by atoms with Gasteiger partial charge >= 0.3 is 0 Å². The van der Waals surface area contributed by atoms with Crippen LogP contribution in [-0.2, 0) is 4.79 Å². The fourth-order valence-electron chi connectivity index (χ4n) is 1.32. The van der Waals surface area contributed by atoms with Gasteiger partial charge in [0.2, 0.25) is 0 Å². The maximum Gasteiger partial charge on any atom is 0.151 e. The molecule has 88 valence electrons. The van der Waals surface area contributed by atoms with Crippen molar-refractivity contribution in [1.82, 2.24) is 5.01 Å². The van der Waals surface area contributed by atoms with Crippen LogP contribution in [0.5, 0.6) is 0 Å². The van der Waals surface area contributed by atoms with Crippen LogP contribution in [0.4, 0.5) is 0 Å². The molecule has 0 amide bonds. The largest absolute Gasteiger partial charge is 0.463 e.